The van der Waals surface area contributed by atoms with E-state index in [1.807, 2.05) is 0 Å². The minimum Gasteiger partial charge on any atom is -0.400 e. The molecule has 0 radical (unpaired) electrons. The Labute approximate surface area is 146 Å². The minimum absolute atomic E-state index is 0.0754. The van der Waals surface area contributed by atoms with Gasteiger partial charge in [-0.25, -0.2) is 0 Å². The van der Waals surface area contributed by atoms with Crippen molar-refractivity contribution in [3.05, 3.63) is 57.3 Å². The number of primary amides is 1. The predicted octanol–water partition coefficient (Wildman–Crippen LogP) is 2.47. The van der Waals surface area contributed by atoms with E-state index in [1.54, 1.807) is 24.3 Å². The molecule has 2 rings (SSSR count). The summed E-state index contributed by atoms with van der Waals surface area (Å²) in [4.78, 5) is 33.1. The number of halogens is 1. The van der Waals surface area contributed by atoms with Crippen LogP contribution in [0.1, 0.15) is 18.6 Å². The van der Waals surface area contributed by atoms with Crippen molar-refractivity contribution in [3.63, 3.8) is 0 Å². The number of benzene rings is 1. The maximum absolute atomic E-state index is 12.3. The first-order chi connectivity index (χ1) is 11.9. The summed E-state index contributed by atoms with van der Waals surface area (Å²) in [5.41, 5.74) is 5.34. The molecule has 0 atom stereocenters. The number of para-hydroxylation sites is 1. The van der Waals surface area contributed by atoms with Gasteiger partial charge in [0.2, 0.25) is 11.8 Å². The molecule has 0 saturated carbocycles. The molecule has 2 aromatic rings. The fraction of sp³-hybridized carbons (Fsp3) is 0.133. The van der Waals surface area contributed by atoms with Crippen LogP contribution in [0.15, 0.2) is 45.9 Å². The van der Waals surface area contributed by atoms with Crippen molar-refractivity contribution in [2.45, 2.75) is 12.8 Å². The van der Waals surface area contributed by atoms with Gasteiger partial charge in [-0.2, -0.15) is 10.1 Å². The third-order valence-electron chi connectivity index (χ3n) is 3.00. The van der Waals surface area contributed by atoms with Crippen LogP contribution in [0, 0.1) is 10.1 Å². The highest BCUT2D eigenvalue weighted by atomic mass is 35.5. The number of nitrogens with zero attached hydrogens (tertiary/aromatic N) is 3. The van der Waals surface area contributed by atoms with Crippen molar-refractivity contribution < 1.29 is 18.9 Å². The number of rotatable bonds is 7. The van der Waals surface area contributed by atoms with Crippen LogP contribution >= 0.6 is 11.6 Å². The fourth-order valence-corrected chi connectivity index (χ4v) is 2.06. The lowest BCUT2D eigenvalue weighted by molar-refractivity contribution is -0.402. The van der Waals surface area contributed by atoms with Gasteiger partial charge >= 0.3 is 5.88 Å². The normalized spacial score (nSPS) is 10.8. The molecule has 0 bridgehead atoms. The van der Waals surface area contributed by atoms with Crippen LogP contribution in [0.25, 0.3) is 0 Å². The van der Waals surface area contributed by atoms with Gasteiger partial charge in [0.25, 0.3) is 0 Å². The van der Waals surface area contributed by atoms with Crippen LogP contribution < -0.4 is 10.7 Å². The van der Waals surface area contributed by atoms with E-state index in [1.165, 1.54) is 6.07 Å². The van der Waals surface area contributed by atoms with Gasteiger partial charge in [-0.15, -0.1) is 0 Å². The molecule has 0 aliphatic heterocycles. The van der Waals surface area contributed by atoms with Crippen LogP contribution in [0.2, 0.25) is 5.02 Å². The van der Waals surface area contributed by atoms with E-state index in [2.05, 4.69) is 5.10 Å². The van der Waals surface area contributed by atoms with Gasteiger partial charge in [-0.3, -0.25) is 19.7 Å². The lowest BCUT2D eigenvalue weighted by Gasteiger charge is -2.17. The zero-order valence-electron chi connectivity index (χ0n) is 12.8. The third kappa shape index (κ3) is 4.88. The van der Waals surface area contributed by atoms with Crippen molar-refractivity contribution in [2.75, 3.05) is 5.01 Å². The van der Waals surface area contributed by atoms with E-state index in [4.69, 9.17) is 21.8 Å². The van der Waals surface area contributed by atoms with Crippen LogP contribution in [-0.4, -0.2) is 23.0 Å². The molecule has 2 amide bonds. The van der Waals surface area contributed by atoms with Crippen LogP contribution in [0.5, 0.6) is 0 Å². The molecule has 9 nitrogen and oxygen atoms in total. The molecule has 2 N–H and O–H groups in total. The number of carbonyl (C=O) groups excluding carboxylic acids is 2. The molecule has 0 saturated heterocycles. The van der Waals surface area contributed by atoms with E-state index < -0.39 is 22.6 Å². The van der Waals surface area contributed by atoms with Gasteiger partial charge in [-0.05, 0) is 18.2 Å². The zero-order valence-corrected chi connectivity index (χ0v) is 13.5. The largest absolute Gasteiger partial charge is 0.433 e. The van der Waals surface area contributed by atoms with E-state index in [9.17, 15) is 19.7 Å². The Kier molecular flexibility index (Phi) is 5.85. The van der Waals surface area contributed by atoms with Gasteiger partial charge in [0, 0.05) is 12.8 Å². The molecular weight excluding hydrogens is 352 g/mol. The maximum Gasteiger partial charge on any atom is 0.433 e. The maximum atomic E-state index is 12.3. The topological polar surface area (TPSA) is 132 Å². The third-order valence-corrected chi connectivity index (χ3v) is 3.31. The number of hydrogen-bond acceptors (Lipinski definition) is 6. The lowest BCUT2D eigenvalue weighted by Crippen LogP contribution is -2.27. The molecular formula is C15H13ClN4O5. The number of carbonyl (C=O) groups is 2. The van der Waals surface area contributed by atoms with Gasteiger partial charge in [0.15, 0.2) is 5.76 Å². The molecule has 10 heteroatoms. The summed E-state index contributed by atoms with van der Waals surface area (Å²) in [6.45, 7) is 0. The summed E-state index contributed by atoms with van der Waals surface area (Å²) >= 11 is 6.08. The van der Waals surface area contributed by atoms with Crippen molar-refractivity contribution in [3.8, 4) is 0 Å². The van der Waals surface area contributed by atoms with E-state index in [0.29, 0.717) is 0 Å². The Morgan fingerprint density at radius 1 is 1.28 bits per heavy atom. The van der Waals surface area contributed by atoms with Crippen molar-refractivity contribution in [1.82, 2.24) is 0 Å². The molecule has 0 unspecified atom stereocenters. The molecule has 130 valence electrons. The average molecular weight is 365 g/mol. The quantitative estimate of drug-likeness (QED) is 0.457. The van der Waals surface area contributed by atoms with E-state index in [0.717, 1.165) is 17.3 Å². The number of anilines is 1. The summed E-state index contributed by atoms with van der Waals surface area (Å²) in [7, 11) is 0. The number of nitrogens with two attached hydrogens (primary N) is 1. The Hall–Kier alpha value is -3.20. The Morgan fingerprint density at radius 3 is 2.60 bits per heavy atom. The van der Waals surface area contributed by atoms with Crippen LogP contribution in [0.4, 0.5) is 11.6 Å². The highest BCUT2D eigenvalue weighted by Gasteiger charge is 2.18. The molecule has 0 fully saturated rings. The molecule has 0 aliphatic carbocycles. The van der Waals surface area contributed by atoms with Gasteiger partial charge in [0.05, 0.1) is 23.0 Å². The summed E-state index contributed by atoms with van der Waals surface area (Å²) in [6, 6.07) is 8.96. The molecule has 0 aliphatic rings. The fourth-order valence-electron chi connectivity index (χ4n) is 1.84. The highest BCUT2D eigenvalue weighted by Crippen LogP contribution is 2.26. The van der Waals surface area contributed by atoms with Gasteiger partial charge < -0.3 is 10.2 Å². The Bertz CT molecular complexity index is 833. The van der Waals surface area contributed by atoms with E-state index in [-0.39, 0.29) is 29.3 Å². The average Bonchev–Trinajstić information content (AvgIpc) is 3.04. The smallest absolute Gasteiger partial charge is 0.400 e. The number of amides is 2. The second-order valence-corrected chi connectivity index (χ2v) is 5.21. The zero-order chi connectivity index (χ0) is 18.4. The van der Waals surface area contributed by atoms with Crippen molar-refractivity contribution in [2.24, 2.45) is 10.8 Å². The number of hydrazone groups is 1. The standard InChI is InChI=1S/C15H13ClN4O5/c16-11-3-1-2-4-12(11)19(14(22)7-6-13(17)21)18-9-10-5-8-15(25-10)20(23)24/h1-5,8-9H,6-7H2,(H2,17,21). The second kappa shape index (κ2) is 8.06. The number of furan rings is 1. The van der Waals surface area contributed by atoms with Crippen molar-refractivity contribution in [1.29, 1.82) is 0 Å². The summed E-state index contributed by atoms with van der Waals surface area (Å²) in [6.07, 6.45) is 0.816. The first-order valence-electron chi connectivity index (χ1n) is 7.02. The second-order valence-electron chi connectivity index (χ2n) is 4.80. The van der Waals surface area contributed by atoms with Gasteiger partial charge in [-0.1, -0.05) is 23.7 Å². The first-order valence-corrected chi connectivity index (χ1v) is 7.40. The monoisotopic (exact) mass is 364 g/mol. The van der Waals surface area contributed by atoms with E-state index >= 15 is 0 Å². The molecule has 25 heavy (non-hydrogen) atoms. The van der Waals surface area contributed by atoms with Crippen LogP contribution in [-0.2, 0) is 9.59 Å². The predicted molar refractivity (Wildman–Crippen MR) is 90.3 cm³/mol. The summed E-state index contributed by atoms with van der Waals surface area (Å²) in [5.74, 6) is -1.53. The molecule has 1 aromatic heterocycles. The van der Waals surface area contributed by atoms with Gasteiger partial charge in [0.1, 0.15) is 4.92 Å². The summed E-state index contributed by atoms with van der Waals surface area (Å²) in [5, 5.41) is 15.8. The Balaban J connectivity index is 2.28. The van der Waals surface area contributed by atoms with Crippen LogP contribution in [0.3, 0.4) is 0 Å². The lowest BCUT2D eigenvalue weighted by atomic mass is 10.2. The number of hydrogen-bond donors (Lipinski definition) is 1. The van der Waals surface area contributed by atoms with Crippen molar-refractivity contribution >= 4 is 41.2 Å². The molecule has 1 heterocycles. The minimum atomic E-state index is -0.693. The number of nitro groups is 1. The summed E-state index contributed by atoms with van der Waals surface area (Å²) < 4.78 is 4.95. The SMILES string of the molecule is NC(=O)CCC(=O)N(N=Cc1ccc([N+](=O)[O-])o1)c1ccccc1Cl. The molecule has 0 spiro atoms. The highest BCUT2D eigenvalue weighted by molar-refractivity contribution is 6.33. The molecule has 1 aromatic carbocycles. The first kappa shape index (κ1) is 18.1. The Morgan fingerprint density at radius 2 is 2.00 bits per heavy atom.